The fraction of sp³-hybridized carbons (Fsp3) is 0.429. The molecule has 6 heteroatoms. The first-order valence-corrected chi connectivity index (χ1v) is 6.38. The molecule has 0 fully saturated rings. The van der Waals surface area contributed by atoms with Crippen molar-refractivity contribution in [3.8, 4) is 17.6 Å². The molecule has 0 aliphatic carbocycles. The van der Waals surface area contributed by atoms with Crippen LogP contribution in [0.25, 0.3) is 0 Å². The Morgan fingerprint density at radius 3 is 2.80 bits per heavy atom. The summed E-state index contributed by atoms with van der Waals surface area (Å²) in [4.78, 5) is 11.4. The van der Waals surface area contributed by atoms with E-state index in [9.17, 15) is 4.79 Å². The molecule has 2 N–H and O–H groups in total. The van der Waals surface area contributed by atoms with Gasteiger partial charge in [-0.05, 0) is 31.7 Å². The first-order valence-electron chi connectivity index (χ1n) is 6.38. The molecular formula is C14H19N3O3. The standard InChI is InChI=1S/C14H19N3O3/c1-3-19-13-8-11(9-16-2)4-5-12(13)20-10-14(18)17-7-6-15/h4-5,8,16H,3,7,9-10H2,1-2H3,(H,17,18). The van der Waals surface area contributed by atoms with Crippen LogP contribution in [0.3, 0.4) is 0 Å². The summed E-state index contributed by atoms with van der Waals surface area (Å²) in [5, 5.41) is 13.8. The van der Waals surface area contributed by atoms with Gasteiger partial charge >= 0.3 is 0 Å². The zero-order chi connectivity index (χ0) is 14.8. The minimum absolute atomic E-state index is 0.0262. The average molecular weight is 277 g/mol. The van der Waals surface area contributed by atoms with Crippen molar-refractivity contribution in [1.82, 2.24) is 10.6 Å². The third kappa shape index (κ3) is 5.16. The van der Waals surface area contributed by atoms with Crippen LogP contribution in [-0.4, -0.2) is 32.7 Å². The van der Waals surface area contributed by atoms with Crippen molar-refractivity contribution in [2.45, 2.75) is 13.5 Å². The molecule has 1 rings (SSSR count). The van der Waals surface area contributed by atoms with Crippen LogP contribution in [0.1, 0.15) is 12.5 Å². The quantitative estimate of drug-likeness (QED) is 0.687. The molecule has 0 bridgehead atoms. The summed E-state index contributed by atoms with van der Waals surface area (Å²) >= 11 is 0. The second-order valence-electron chi connectivity index (χ2n) is 3.97. The lowest BCUT2D eigenvalue weighted by Crippen LogP contribution is -2.29. The second-order valence-corrected chi connectivity index (χ2v) is 3.97. The predicted molar refractivity (Wildman–Crippen MR) is 74.5 cm³/mol. The number of carbonyl (C=O) groups is 1. The number of rotatable bonds is 8. The number of nitrogens with one attached hydrogen (secondary N) is 2. The Morgan fingerprint density at radius 2 is 2.15 bits per heavy atom. The first kappa shape index (κ1) is 15.8. The average Bonchev–Trinajstić information content (AvgIpc) is 2.45. The molecule has 0 aromatic heterocycles. The summed E-state index contributed by atoms with van der Waals surface area (Å²) in [5.74, 6) is 0.778. The van der Waals surface area contributed by atoms with Crippen LogP contribution in [0.4, 0.5) is 0 Å². The van der Waals surface area contributed by atoms with Gasteiger partial charge in [0.1, 0.15) is 6.54 Å². The van der Waals surface area contributed by atoms with Gasteiger partial charge < -0.3 is 20.1 Å². The maximum absolute atomic E-state index is 11.4. The van der Waals surface area contributed by atoms with E-state index in [1.807, 2.05) is 32.2 Å². The molecule has 0 saturated carbocycles. The fourth-order valence-electron chi connectivity index (χ4n) is 1.59. The lowest BCUT2D eigenvalue weighted by molar-refractivity contribution is -0.122. The van der Waals surface area contributed by atoms with Crippen molar-refractivity contribution in [2.75, 3.05) is 26.8 Å². The van der Waals surface area contributed by atoms with Gasteiger partial charge in [-0.2, -0.15) is 5.26 Å². The van der Waals surface area contributed by atoms with Gasteiger partial charge in [0.2, 0.25) is 0 Å². The monoisotopic (exact) mass is 277 g/mol. The van der Waals surface area contributed by atoms with Gasteiger partial charge in [0, 0.05) is 6.54 Å². The van der Waals surface area contributed by atoms with Crippen molar-refractivity contribution < 1.29 is 14.3 Å². The van der Waals surface area contributed by atoms with E-state index in [-0.39, 0.29) is 19.1 Å². The summed E-state index contributed by atoms with van der Waals surface area (Å²) in [7, 11) is 1.87. The van der Waals surface area contributed by atoms with Crippen LogP contribution < -0.4 is 20.1 Å². The number of hydrogen-bond acceptors (Lipinski definition) is 5. The summed E-state index contributed by atoms with van der Waals surface area (Å²) < 4.78 is 10.9. The smallest absolute Gasteiger partial charge is 0.258 e. The lowest BCUT2D eigenvalue weighted by Gasteiger charge is -2.13. The zero-order valence-corrected chi connectivity index (χ0v) is 11.7. The maximum atomic E-state index is 11.4. The minimum Gasteiger partial charge on any atom is -0.490 e. The Morgan fingerprint density at radius 1 is 1.35 bits per heavy atom. The van der Waals surface area contributed by atoms with E-state index in [1.165, 1.54) is 0 Å². The summed E-state index contributed by atoms with van der Waals surface area (Å²) in [5.41, 5.74) is 1.07. The van der Waals surface area contributed by atoms with Gasteiger partial charge in [-0.25, -0.2) is 0 Å². The molecule has 0 saturated heterocycles. The third-order valence-electron chi connectivity index (χ3n) is 2.41. The van der Waals surface area contributed by atoms with Gasteiger partial charge in [0.15, 0.2) is 18.1 Å². The normalized spacial score (nSPS) is 9.65. The van der Waals surface area contributed by atoms with Crippen LogP contribution in [0.5, 0.6) is 11.5 Å². The third-order valence-corrected chi connectivity index (χ3v) is 2.41. The largest absolute Gasteiger partial charge is 0.490 e. The summed E-state index contributed by atoms with van der Waals surface area (Å²) in [6.07, 6.45) is 0. The van der Waals surface area contributed by atoms with Crippen molar-refractivity contribution in [3.05, 3.63) is 23.8 Å². The van der Waals surface area contributed by atoms with E-state index in [4.69, 9.17) is 14.7 Å². The second kappa shape index (κ2) is 8.77. The molecule has 20 heavy (non-hydrogen) atoms. The van der Waals surface area contributed by atoms with Gasteiger partial charge in [-0.1, -0.05) is 6.07 Å². The van der Waals surface area contributed by atoms with Crippen LogP contribution in [0.2, 0.25) is 0 Å². The van der Waals surface area contributed by atoms with Crippen LogP contribution in [0, 0.1) is 11.3 Å². The molecule has 108 valence electrons. The number of hydrogen-bond donors (Lipinski definition) is 2. The summed E-state index contributed by atoms with van der Waals surface area (Å²) in [6.45, 7) is 2.95. The fourth-order valence-corrected chi connectivity index (χ4v) is 1.59. The van der Waals surface area contributed by atoms with Crippen molar-refractivity contribution >= 4 is 5.91 Å². The topological polar surface area (TPSA) is 83.4 Å². The minimum atomic E-state index is -0.340. The molecule has 0 aliphatic rings. The SMILES string of the molecule is CCOc1cc(CNC)ccc1OCC(=O)NCC#N. The zero-order valence-electron chi connectivity index (χ0n) is 11.7. The molecule has 6 nitrogen and oxygen atoms in total. The van der Waals surface area contributed by atoms with Gasteiger partial charge in [-0.15, -0.1) is 0 Å². The van der Waals surface area contributed by atoms with E-state index in [0.717, 1.165) is 12.1 Å². The van der Waals surface area contributed by atoms with E-state index in [2.05, 4.69) is 10.6 Å². The lowest BCUT2D eigenvalue weighted by atomic mass is 10.2. The van der Waals surface area contributed by atoms with Crippen molar-refractivity contribution in [2.24, 2.45) is 0 Å². The maximum Gasteiger partial charge on any atom is 0.258 e. The molecule has 1 aromatic carbocycles. The Kier molecular flexibility index (Phi) is 6.93. The van der Waals surface area contributed by atoms with Gasteiger partial charge in [-0.3, -0.25) is 4.79 Å². The van der Waals surface area contributed by atoms with Crippen LogP contribution in [0.15, 0.2) is 18.2 Å². The number of carbonyl (C=O) groups excluding carboxylic acids is 1. The van der Waals surface area contributed by atoms with Crippen molar-refractivity contribution in [3.63, 3.8) is 0 Å². The molecule has 0 radical (unpaired) electrons. The van der Waals surface area contributed by atoms with Gasteiger partial charge in [0.05, 0.1) is 12.7 Å². The van der Waals surface area contributed by atoms with Crippen molar-refractivity contribution in [1.29, 1.82) is 5.26 Å². The summed E-state index contributed by atoms with van der Waals surface area (Å²) in [6, 6.07) is 7.39. The number of nitriles is 1. The molecule has 0 atom stereocenters. The highest BCUT2D eigenvalue weighted by Crippen LogP contribution is 2.28. The van der Waals surface area contributed by atoms with Crippen LogP contribution >= 0.6 is 0 Å². The molecule has 0 spiro atoms. The Balaban J connectivity index is 2.68. The van der Waals surface area contributed by atoms with E-state index < -0.39 is 0 Å². The van der Waals surface area contributed by atoms with Gasteiger partial charge in [0.25, 0.3) is 5.91 Å². The molecule has 0 heterocycles. The van der Waals surface area contributed by atoms with E-state index in [1.54, 1.807) is 6.07 Å². The number of benzene rings is 1. The van der Waals surface area contributed by atoms with E-state index in [0.29, 0.717) is 18.1 Å². The molecular weight excluding hydrogens is 258 g/mol. The molecule has 0 unspecified atom stereocenters. The van der Waals surface area contributed by atoms with E-state index >= 15 is 0 Å². The highest BCUT2D eigenvalue weighted by atomic mass is 16.5. The molecule has 1 aromatic rings. The molecule has 1 amide bonds. The highest BCUT2D eigenvalue weighted by molar-refractivity contribution is 5.77. The predicted octanol–water partition coefficient (Wildman–Crippen LogP) is 0.823. The Hall–Kier alpha value is -2.26. The highest BCUT2D eigenvalue weighted by Gasteiger charge is 2.08. The Labute approximate surface area is 118 Å². The van der Waals surface area contributed by atoms with Crippen LogP contribution in [-0.2, 0) is 11.3 Å². The number of amides is 1. The number of nitrogens with zero attached hydrogens (tertiary/aromatic N) is 1. The molecule has 0 aliphatic heterocycles. The Bertz CT molecular complexity index is 483. The first-order chi connectivity index (χ1) is 9.71. The number of ether oxygens (including phenoxy) is 2.